The van der Waals surface area contributed by atoms with Crippen molar-refractivity contribution in [3.63, 3.8) is 0 Å². The summed E-state index contributed by atoms with van der Waals surface area (Å²) in [6.07, 6.45) is 1.61. The number of nitrogens with one attached hydrogen (secondary N) is 1. The van der Waals surface area contributed by atoms with E-state index in [9.17, 15) is 10.1 Å². The van der Waals surface area contributed by atoms with Gasteiger partial charge < -0.3 is 4.74 Å². The topological polar surface area (TPSA) is 93.9 Å². The number of rotatable bonds is 6. The van der Waals surface area contributed by atoms with E-state index in [0.717, 1.165) is 5.03 Å². The van der Waals surface area contributed by atoms with Crippen molar-refractivity contribution < 1.29 is 9.66 Å². The van der Waals surface area contributed by atoms with Crippen molar-refractivity contribution >= 4 is 17.4 Å². The molecular weight excluding hydrogens is 256 g/mol. The molecule has 0 amide bonds. The Labute approximate surface area is 107 Å². The van der Waals surface area contributed by atoms with Crippen LogP contribution in [0.25, 0.3) is 0 Å². The molecule has 18 heavy (non-hydrogen) atoms. The Bertz CT molecular complexity index is 518. The van der Waals surface area contributed by atoms with Gasteiger partial charge in [-0.25, -0.2) is 0 Å². The van der Waals surface area contributed by atoms with Gasteiger partial charge in [0.25, 0.3) is 0 Å². The summed E-state index contributed by atoms with van der Waals surface area (Å²) in [5.41, 5.74) is -0.0241. The summed E-state index contributed by atoms with van der Waals surface area (Å²) >= 11 is 1.46. The van der Waals surface area contributed by atoms with E-state index in [1.807, 2.05) is 0 Å². The minimum atomic E-state index is -0.458. The molecular formula is C10H10N4O3S. The Morgan fingerprint density at radius 2 is 2.28 bits per heavy atom. The van der Waals surface area contributed by atoms with Crippen LogP contribution in [0.15, 0.2) is 35.5 Å². The molecule has 0 spiro atoms. The van der Waals surface area contributed by atoms with E-state index in [-0.39, 0.29) is 11.4 Å². The minimum Gasteiger partial charge on any atom is -0.486 e. The van der Waals surface area contributed by atoms with Crippen LogP contribution in [-0.2, 0) is 0 Å². The van der Waals surface area contributed by atoms with E-state index in [2.05, 4.69) is 15.4 Å². The van der Waals surface area contributed by atoms with Crippen LogP contribution in [0.2, 0.25) is 0 Å². The highest BCUT2D eigenvalue weighted by atomic mass is 32.2. The Kier molecular flexibility index (Phi) is 4.13. The lowest BCUT2D eigenvalue weighted by Crippen LogP contribution is -2.02. The average molecular weight is 266 g/mol. The number of aromatic amines is 1. The van der Waals surface area contributed by atoms with Crippen LogP contribution in [0.3, 0.4) is 0 Å². The number of nitro benzene ring substituents is 1. The van der Waals surface area contributed by atoms with Gasteiger partial charge in [-0.05, 0) is 6.07 Å². The quantitative estimate of drug-likeness (QED) is 0.371. The number of nitro groups is 1. The molecule has 0 fully saturated rings. The highest BCUT2D eigenvalue weighted by molar-refractivity contribution is 7.99. The second-order valence-electron chi connectivity index (χ2n) is 3.23. The normalized spacial score (nSPS) is 10.2. The summed E-state index contributed by atoms with van der Waals surface area (Å²) in [5.74, 6) is 0.918. The monoisotopic (exact) mass is 266 g/mol. The molecule has 1 aromatic heterocycles. The van der Waals surface area contributed by atoms with Crippen molar-refractivity contribution in [3.05, 3.63) is 40.6 Å². The van der Waals surface area contributed by atoms with Gasteiger partial charge in [-0.2, -0.15) is 10.3 Å². The van der Waals surface area contributed by atoms with Gasteiger partial charge in [0.05, 0.1) is 17.7 Å². The predicted molar refractivity (Wildman–Crippen MR) is 65.7 cm³/mol. The molecule has 1 N–H and O–H groups in total. The molecule has 0 aliphatic rings. The van der Waals surface area contributed by atoms with E-state index < -0.39 is 4.92 Å². The number of thioether (sulfide) groups is 1. The summed E-state index contributed by atoms with van der Waals surface area (Å²) in [6, 6.07) is 6.31. The van der Waals surface area contributed by atoms with E-state index >= 15 is 0 Å². The summed E-state index contributed by atoms with van der Waals surface area (Å²) in [4.78, 5) is 10.3. The van der Waals surface area contributed by atoms with E-state index in [1.165, 1.54) is 17.8 Å². The average Bonchev–Trinajstić information content (AvgIpc) is 2.88. The van der Waals surface area contributed by atoms with Crippen LogP contribution in [0, 0.1) is 10.1 Å². The smallest absolute Gasteiger partial charge is 0.310 e. The Balaban J connectivity index is 1.85. The third-order valence-corrected chi connectivity index (χ3v) is 2.91. The molecule has 0 saturated carbocycles. The Morgan fingerprint density at radius 1 is 1.44 bits per heavy atom. The Hall–Kier alpha value is -2.09. The summed E-state index contributed by atoms with van der Waals surface area (Å²) < 4.78 is 5.38. The van der Waals surface area contributed by atoms with Crippen molar-refractivity contribution in [2.24, 2.45) is 0 Å². The SMILES string of the molecule is O=[N+]([O-])c1ccccc1OCCSc1cn[nH]n1. The van der Waals surface area contributed by atoms with Crippen LogP contribution in [0.5, 0.6) is 5.75 Å². The first-order chi connectivity index (χ1) is 8.77. The molecule has 8 heteroatoms. The fourth-order valence-corrected chi connectivity index (χ4v) is 1.90. The van der Waals surface area contributed by atoms with Gasteiger partial charge >= 0.3 is 5.69 Å². The first-order valence-corrected chi connectivity index (χ1v) is 6.10. The lowest BCUT2D eigenvalue weighted by molar-refractivity contribution is -0.385. The van der Waals surface area contributed by atoms with Gasteiger partial charge in [-0.15, -0.1) is 5.10 Å². The number of para-hydroxylation sites is 2. The summed E-state index contributed by atoms with van der Waals surface area (Å²) in [6.45, 7) is 0.363. The number of H-pyrrole nitrogens is 1. The molecule has 0 aliphatic carbocycles. The van der Waals surface area contributed by atoms with E-state index in [1.54, 1.807) is 24.4 Å². The van der Waals surface area contributed by atoms with Crippen molar-refractivity contribution in [3.8, 4) is 5.75 Å². The molecule has 2 aromatic rings. The number of benzene rings is 1. The molecule has 1 heterocycles. The van der Waals surface area contributed by atoms with Gasteiger partial charge in [-0.1, -0.05) is 23.9 Å². The van der Waals surface area contributed by atoms with Gasteiger partial charge in [0.15, 0.2) is 5.75 Å². The molecule has 0 atom stereocenters. The maximum Gasteiger partial charge on any atom is 0.310 e. The first kappa shape index (κ1) is 12.4. The van der Waals surface area contributed by atoms with Gasteiger partial charge in [0.2, 0.25) is 0 Å². The van der Waals surface area contributed by atoms with Crippen LogP contribution < -0.4 is 4.74 Å². The van der Waals surface area contributed by atoms with Crippen molar-refractivity contribution in [2.45, 2.75) is 5.03 Å². The van der Waals surface area contributed by atoms with Crippen LogP contribution in [-0.4, -0.2) is 32.7 Å². The van der Waals surface area contributed by atoms with Crippen molar-refractivity contribution in [2.75, 3.05) is 12.4 Å². The summed E-state index contributed by atoms with van der Waals surface area (Å²) in [7, 11) is 0. The molecule has 94 valence electrons. The zero-order valence-electron chi connectivity index (χ0n) is 9.28. The predicted octanol–water partition coefficient (Wildman–Crippen LogP) is 1.88. The van der Waals surface area contributed by atoms with E-state index in [0.29, 0.717) is 12.4 Å². The molecule has 0 aliphatic heterocycles. The molecule has 7 nitrogen and oxygen atoms in total. The third-order valence-electron chi connectivity index (χ3n) is 2.05. The van der Waals surface area contributed by atoms with Crippen molar-refractivity contribution in [1.29, 1.82) is 0 Å². The molecule has 0 bridgehead atoms. The maximum atomic E-state index is 10.7. The largest absolute Gasteiger partial charge is 0.486 e. The van der Waals surface area contributed by atoms with Crippen LogP contribution in [0.1, 0.15) is 0 Å². The standard InChI is InChI=1S/C10H10N4O3S/c15-14(16)8-3-1-2-4-9(8)17-5-6-18-10-7-11-13-12-10/h1-4,7H,5-6H2,(H,11,12,13). The van der Waals surface area contributed by atoms with Gasteiger partial charge in [-0.3, -0.25) is 10.1 Å². The highest BCUT2D eigenvalue weighted by Crippen LogP contribution is 2.26. The maximum absolute atomic E-state index is 10.7. The number of hydrogen-bond donors (Lipinski definition) is 1. The number of aromatic nitrogens is 3. The Morgan fingerprint density at radius 3 is 3.00 bits per heavy atom. The first-order valence-electron chi connectivity index (χ1n) is 5.12. The van der Waals surface area contributed by atoms with E-state index in [4.69, 9.17) is 4.74 Å². The highest BCUT2D eigenvalue weighted by Gasteiger charge is 2.13. The van der Waals surface area contributed by atoms with Crippen molar-refractivity contribution in [1.82, 2.24) is 15.4 Å². The fraction of sp³-hybridized carbons (Fsp3) is 0.200. The second-order valence-corrected chi connectivity index (χ2v) is 4.35. The number of nitrogens with zero attached hydrogens (tertiary/aromatic N) is 3. The summed E-state index contributed by atoms with van der Waals surface area (Å²) in [5, 5.41) is 21.5. The number of hydrogen-bond acceptors (Lipinski definition) is 6. The molecule has 0 unspecified atom stereocenters. The van der Waals surface area contributed by atoms with Crippen LogP contribution in [0.4, 0.5) is 5.69 Å². The zero-order chi connectivity index (χ0) is 12.8. The lowest BCUT2D eigenvalue weighted by Gasteiger charge is -2.05. The molecule has 0 saturated heterocycles. The number of ether oxygens (including phenoxy) is 1. The molecule has 2 rings (SSSR count). The lowest BCUT2D eigenvalue weighted by atomic mass is 10.3. The minimum absolute atomic E-state index is 0.0241. The fourth-order valence-electron chi connectivity index (χ4n) is 1.29. The molecule has 0 radical (unpaired) electrons. The van der Waals surface area contributed by atoms with Crippen LogP contribution >= 0.6 is 11.8 Å². The van der Waals surface area contributed by atoms with Gasteiger partial charge in [0.1, 0.15) is 5.03 Å². The molecule has 1 aromatic carbocycles. The second kappa shape index (κ2) is 6.01. The van der Waals surface area contributed by atoms with Gasteiger partial charge in [0, 0.05) is 11.8 Å². The zero-order valence-corrected chi connectivity index (χ0v) is 10.1. The third kappa shape index (κ3) is 3.20.